The van der Waals surface area contributed by atoms with Gasteiger partial charge in [-0.15, -0.1) is 0 Å². The third kappa shape index (κ3) is 6.08. The van der Waals surface area contributed by atoms with Crippen LogP contribution in [0.4, 0.5) is 16.3 Å². The molecule has 3 rings (SSSR count). The molecule has 11 nitrogen and oxygen atoms in total. The summed E-state index contributed by atoms with van der Waals surface area (Å²) in [4.78, 5) is 30.5. The van der Waals surface area contributed by atoms with Crippen molar-refractivity contribution in [1.82, 2.24) is 19.7 Å². The Balaban J connectivity index is 1.85. The normalized spacial score (nSPS) is 15.9. The van der Waals surface area contributed by atoms with Crippen molar-refractivity contribution in [2.45, 2.75) is 70.6 Å². The van der Waals surface area contributed by atoms with Gasteiger partial charge in [0.2, 0.25) is 0 Å². The Kier molecular flexibility index (Phi) is 7.08. The van der Waals surface area contributed by atoms with Gasteiger partial charge in [-0.1, -0.05) is 0 Å². The number of nitrogens with zero attached hydrogens (tertiary/aromatic N) is 5. The highest BCUT2D eigenvalue weighted by molar-refractivity contribution is 5.98. The van der Waals surface area contributed by atoms with Gasteiger partial charge >= 0.3 is 6.09 Å². The highest BCUT2D eigenvalue weighted by atomic mass is 16.6. The van der Waals surface area contributed by atoms with E-state index in [0.29, 0.717) is 37.3 Å². The van der Waals surface area contributed by atoms with Crippen molar-refractivity contribution >= 4 is 23.5 Å². The van der Waals surface area contributed by atoms with Crippen LogP contribution < -0.4 is 11.1 Å². The molecular formula is C24H33N7O4. The summed E-state index contributed by atoms with van der Waals surface area (Å²) in [6.45, 7) is 9.47. The number of primary amides is 1. The van der Waals surface area contributed by atoms with E-state index in [0.717, 1.165) is 0 Å². The third-order valence-electron chi connectivity index (χ3n) is 5.87. The topological polar surface area (TPSA) is 159 Å². The van der Waals surface area contributed by atoms with Gasteiger partial charge in [0, 0.05) is 19.3 Å². The molecule has 0 bridgehead atoms. The fourth-order valence-corrected chi connectivity index (χ4v) is 3.92. The Labute approximate surface area is 204 Å². The van der Waals surface area contributed by atoms with Gasteiger partial charge in [-0.2, -0.15) is 10.4 Å². The van der Waals surface area contributed by atoms with E-state index in [4.69, 9.17) is 10.5 Å². The molecule has 1 aliphatic rings. The zero-order chi connectivity index (χ0) is 26.0. The Morgan fingerprint density at radius 3 is 2.40 bits per heavy atom. The number of amides is 2. The van der Waals surface area contributed by atoms with Crippen LogP contribution in [0.1, 0.15) is 69.9 Å². The summed E-state index contributed by atoms with van der Waals surface area (Å²) < 4.78 is 7.08. The molecule has 0 aromatic carbocycles. The van der Waals surface area contributed by atoms with Gasteiger partial charge in [-0.3, -0.25) is 14.5 Å². The summed E-state index contributed by atoms with van der Waals surface area (Å²) in [6, 6.07) is 5.61. The Hall–Kier alpha value is -3.65. The van der Waals surface area contributed by atoms with Gasteiger partial charge < -0.3 is 25.8 Å². The number of rotatable bonds is 6. The van der Waals surface area contributed by atoms with E-state index >= 15 is 0 Å². The minimum Gasteiger partial charge on any atom is -0.444 e. The lowest BCUT2D eigenvalue weighted by Gasteiger charge is -2.40. The highest BCUT2D eigenvalue weighted by Crippen LogP contribution is 2.35. The van der Waals surface area contributed by atoms with Crippen molar-refractivity contribution < 1.29 is 19.4 Å². The van der Waals surface area contributed by atoms with Crippen molar-refractivity contribution in [2.24, 2.45) is 5.73 Å². The number of hydrogen-bond acceptors (Lipinski definition) is 8. The largest absolute Gasteiger partial charge is 0.444 e. The summed E-state index contributed by atoms with van der Waals surface area (Å²) in [5.41, 5.74) is 4.44. The molecule has 2 aromatic heterocycles. The summed E-state index contributed by atoms with van der Waals surface area (Å²) >= 11 is 0. The van der Waals surface area contributed by atoms with Crippen LogP contribution in [-0.4, -0.2) is 55.5 Å². The number of nitriles is 1. The minimum atomic E-state index is -1.09. The second kappa shape index (κ2) is 9.54. The van der Waals surface area contributed by atoms with Crippen molar-refractivity contribution in [1.29, 1.82) is 5.26 Å². The number of carbonyl (C=O) groups excluding carboxylic acids is 2. The van der Waals surface area contributed by atoms with E-state index in [9.17, 15) is 20.0 Å². The molecule has 11 heteroatoms. The highest BCUT2D eigenvalue weighted by Gasteiger charge is 2.40. The quantitative estimate of drug-likeness (QED) is 0.565. The summed E-state index contributed by atoms with van der Waals surface area (Å²) in [5, 5.41) is 27.3. The molecule has 2 amide bonds. The number of hydrogen-bond donors (Lipinski definition) is 3. The maximum Gasteiger partial charge on any atom is 0.410 e. The molecule has 188 valence electrons. The predicted molar refractivity (Wildman–Crippen MR) is 129 cm³/mol. The van der Waals surface area contributed by atoms with Crippen LogP contribution in [0.2, 0.25) is 0 Å². The maximum absolute atomic E-state index is 12.5. The van der Waals surface area contributed by atoms with Crippen LogP contribution in [-0.2, 0) is 15.9 Å². The molecule has 2 aromatic rings. The fraction of sp³-hybridized carbons (Fsp3) is 0.542. The minimum absolute atomic E-state index is 0.149. The first-order valence-corrected chi connectivity index (χ1v) is 11.4. The zero-order valence-electron chi connectivity index (χ0n) is 20.8. The molecule has 0 radical (unpaired) electrons. The molecule has 1 fully saturated rings. The molecule has 0 saturated carbocycles. The van der Waals surface area contributed by atoms with Crippen molar-refractivity contribution in [2.75, 3.05) is 18.4 Å². The lowest BCUT2D eigenvalue weighted by atomic mass is 9.85. The van der Waals surface area contributed by atoms with E-state index in [1.807, 2.05) is 20.8 Å². The molecule has 0 aliphatic carbocycles. The number of nitrogens with two attached hydrogens (primary N) is 1. The fourth-order valence-electron chi connectivity index (χ4n) is 3.92. The SMILES string of the molecule is CC(C)(C)OC(=O)N1CCC(CC#N)(n2cc(C(N)=O)c(Nc3ccc(C(C)(C)O)nc3)n2)CC1. The van der Waals surface area contributed by atoms with Crippen molar-refractivity contribution in [3.63, 3.8) is 0 Å². The number of carbonyl (C=O) groups is 2. The lowest BCUT2D eigenvalue weighted by molar-refractivity contribution is 0.0105. The maximum atomic E-state index is 12.5. The van der Waals surface area contributed by atoms with Crippen LogP contribution in [0.15, 0.2) is 24.5 Å². The molecule has 1 aliphatic heterocycles. The van der Waals surface area contributed by atoms with Crippen LogP contribution in [0.5, 0.6) is 0 Å². The van der Waals surface area contributed by atoms with E-state index in [1.165, 1.54) is 6.20 Å². The zero-order valence-corrected chi connectivity index (χ0v) is 20.8. The van der Waals surface area contributed by atoms with Crippen LogP contribution >= 0.6 is 0 Å². The number of piperidine rings is 1. The van der Waals surface area contributed by atoms with Gasteiger partial charge in [0.1, 0.15) is 16.8 Å². The van der Waals surface area contributed by atoms with Crippen molar-refractivity contribution in [3.05, 3.63) is 35.8 Å². The van der Waals surface area contributed by atoms with Crippen molar-refractivity contribution in [3.8, 4) is 6.07 Å². The lowest BCUT2D eigenvalue weighted by Crippen LogP contribution is -2.49. The number of anilines is 2. The number of pyridine rings is 1. The van der Waals surface area contributed by atoms with E-state index in [1.54, 1.807) is 41.8 Å². The summed E-state index contributed by atoms with van der Waals surface area (Å²) in [6.07, 6.45) is 3.74. The second-order valence-corrected chi connectivity index (χ2v) is 10.3. The van der Waals surface area contributed by atoms with Gasteiger partial charge in [0.05, 0.1) is 35.6 Å². The first-order chi connectivity index (χ1) is 16.2. The van der Waals surface area contributed by atoms with E-state index in [2.05, 4.69) is 21.5 Å². The van der Waals surface area contributed by atoms with Gasteiger partial charge in [-0.25, -0.2) is 4.79 Å². The number of aliphatic hydroxyl groups is 1. The number of aromatic nitrogens is 3. The van der Waals surface area contributed by atoms with Crippen LogP contribution in [0, 0.1) is 11.3 Å². The summed E-state index contributed by atoms with van der Waals surface area (Å²) in [5.74, 6) is -0.430. The van der Waals surface area contributed by atoms with E-state index in [-0.39, 0.29) is 17.8 Å². The Morgan fingerprint density at radius 1 is 1.26 bits per heavy atom. The molecule has 1 saturated heterocycles. The first-order valence-electron chi connectivity index (χ1n) is 11.4. The van der Waals surface area contributed by atoms with Gasteiger partial charge in [-0.05, 0) is 59.6 Å². The standard InChI is InChI=1S/C24H33N7O4/c1-22(2,3)35-21(33)30-12-9-24(8-11-25,10-13-30)31-15-17(19(26)32)20(29-31)28-16-6-7-18(27-14-16)23(4,5)34/h6-7,14-15,34H,8-10,12-13H2,1-5H3,(H2,26,32)(H,28,29). The molecule has 3 heterocycles. The number of nitrogens with one attached hydrogen (secondary N) is 1. The molecule has 35 heavy (non-hydrogen) atoms. The average Bonchev–Trinajstić information content (AvgIpc) is 3.18. The van der Waals surface area contributed by atoms with Gasteiger partial charge in [0.15, 0.2) is 5.82 Å². The Morgan fingerprint density at radius 2 is 1.91 bits per heavy atom. The average molecular weight is 484 g/mol. The number of ether oxygens (including phenoxy) is 1. The third-order valence-corrected chi connectivity index (χ3v) is 5.87. The smallest absolute Gasteiger partial charge is 0.410 e. The van der Waals surface area contributed by atoms with E-state index < -0.39 is 28.7 Å². The van der Waals surface area contributed by atoms with Crippen LogP contribution in [0.3, 0.4) is 0 Å². The molecule has 4 N–H and O–H groups in total. The van der Waals surface area contributed by atoms with Crippen LogP contribution in [0.25, 0.3) is 0 Å². The molecular weight excluding hydrogens is 450 g/mol. The monoisotopic (exact) mass is 483 g/mol. The number of likely N-dealkylation sites (tertiary alicyclic amines) is 1. The van der Waals surface area contributed by atoms with Gasteiger partial charge in [0.25, 0.3) is 5.91 Å². The Bertz CT molecular complexity index is 1110. The second-order valence-electron chi connectivity index (χ2n) is 10.3. The predicted octanol–water partition coefficient (Wildman–Crippen LogP) is 2.99. The first kappa shape index (κ1) is 26.0. The molecule has 0 atom stereocenters. The molecule has 0 unspecified atom stereocenters. The molecule has 0 spiro atoms. The summed E-state index contributed by atoms with van der Waals surface area (Å²) in [7, 11) is 0.